The normalized spacial score (nSPS) is 16.3. The van der Waals surface area contributed by atoms with E-state index in [1.54, 1.807) is 25.4 Å². The number of hydrogen-bond donors (Lipinski definition) is 0. The molecule has 0 bridgehead atoms. The first kappa shape index (κ1) is 22.5. The molecule has 0 saturated heterocycles. The number of methoxy groups -OCH3 is 1. The van der Waals surface area contributed by atoms with Crippen LogP contribution in [0.1, 0.15) is 40.4 Å². The molecule has 1 unspecified atom stereocenters. The molecule has 5 nitrogen and oxygen atoms in total. The number of ether oxygens (including phenoxy) is 1. The summed E-state index contributed by atoms with van der Waals surface area (Å²) in [6, 6.07) is 20.9. The molecule has 0 radical (unpaired) electrons. The first-order valence-corrected chi connectivity index (χ1v) is 11.2. The summed E-state index contributed by atoms with van der Waals surface area (Å²) >= 11 is 0. The van der Waals surface area contributed by atoms with Crippen molar-refractivity contribution in [2.24, 2.45) is 5.92 Å². The van der Waals surface area contributed by atoms with E-state index in [0.29, 0.717) is 24.3 Å². The Kier molecular flexibility index (Phi) is 7.30. The molecule has 1 aliphatic heterocycles. The van der Waals surface area contributed by atoms with Crippen LogP contribution in [0.3, 0.4) is 0 Å². The Hall–Kier alpha value is -3.73. The van der Waals surface area contributed by atoms with Crippen molar-refractivity contribution >= 4 is 11.7 Å². The topological polar surface area (TPSA) is 59.5 Å². The van der Waals surface area contributed by atoms with Crippen molar-refractivity contribution in [3.05, 3.63) is 108 Å². The summed E-state index contributed by atoms with van der Waals surface area (Å²) in [6.07, 6.45) is 9.03. The largest absolute Gasteiger partial charge is 0.496 e. The second-order valence-electron chi connectivity index (χ2n) is 8.21. The monoisotopic (exact) mass is 440 g/mol. The second-order valence-corrected chi connectivity index (χ2v) is 8.21. The number of pyridine rings is 1. The highest BCUT2D eigenvalue weighted by Gasteiger charge is 2.33. The lowest BCUT2D eigenvalue weighted by Crippen LogP contribution is -2.42. The van der Waals surface area contributed by atoms with Crippen LogP contribution in [0, 0.1) is 5.92 Å². The predicted octanol–water partition coefficient (Wildman–Crippen LogP) is 5.05. The van der Waals surface area contributed by atoms with E-state index in [2.05, 4.69) is 11.1 Å². The Morgan fingerprint density at radius 1 is 1.03 bits per heavy atom. The number of amides is 1. The molecule has 5 heteroatoms. The van der Waals surface area contributed by atoms with Crippen LogP contribution in [0.4, 0.5) is 0 Å². The third kappa shape index (κ3) is 5.37. The van der Waals surface area contributed by atoms with Crippen molar-refractivity contribution in [2.45, 2.75) is 25.3 Å². The Morgan fingerprint density at radius 2 is 1.82 bits per heavy atom. The molecule has 0 N–H and O–H groups in total. The van der Waals surface area contributed by atoms with Gasteiger partial charge in [0.15, 0.2) is 5.78 Å². The van der Waals surface area contributed by atoms with Crippen LogP contribution >= 0.6 is 0 Å². The number of rotatable bonds is 8. The van der Waals surface area contributed by atoms with Crippen LogP contribution in [-0.2, 0) is 11.2 Å². The van der Waals surface area contributed by atoms with Crippen LogP contribution in [0.25, 0.3) is 0 Å². The lowest BCUT2D eigenvalue weighted by Gasteiger charge is -2.35. The number of hydrogen-bond acceptors (Lipinski definition) is 4. The molecule has 1 aliphatic rings. The van der Waals surface area contributed by atoms with Crippen LogP contribution in [0.5, 0.6) is 5.75 Å². The van der Waals surface area contributed by atoms with Crippen molar-refractivity contribution < 1.29 is 14.3 Å². The lowest BCUT2D eigenvalue weighted by molar-refractivity contribution is -0.137. The Bertz CT molecular complexity index is 1110. The van der Waals surface area contributed by atoms with Crippen molar-refractivity contribution in [2.75, 3.05) is 13.7 Å². The summed E-state index contributed by atoms with van der Waals surface area (Å²) in [7, 11) is 1.55. The summed E-state index contributed by atoms with van der Waals surface area (Å²) < 4.78 is 5.39. The Labute approximate surface area is 194 Å². The quantitative estimate of drug-likeness (QED) is 0.363. The molecule has 0 aliphatic carbocycles. The first-order valence-electron chi connectivity index (χ1n) is 11.2. The minimum atomic E-state index is -0.476. The average Bonchev–Trinajstić information content (AvgIpc) is 2.89. The smallest absolute Gasteiger partial charge is 0.227 e. The number of nitrogens with zero attached hydrogens (tertiary/aromatic N) is 2. The Balaban J connectivity index is 1.63. The summed E-state index contributed by atoms with van der Waals surface area (Å²) in [6.45, 7) is 0.520. The van der Waals surface area contributed by atoms with E-state index in [9.17, 15) is 9.59 Å². The number of para-hydroxylation sites is 1. The number of aromatic nitrogens is 1. The molecular formula is C28H28N2O3. The first-order chi connectivity index (χ1) is 16.2. The molecular weight excluding hydrogens is 412 g/mol. The zero-order valence-electron chi connectivity index (χ0n) is 18.8. The van der Waals surface area contributed by atoms with Gasteiger partial charge in [0.25, 0.3) is 0 Å². The van der Waals surface area contributed by atoms with Crippen molar-refractivity contribution in [1.29, 1.82) is 0 Å². The van der Waals surface area contributed by atoms with Gasteiger partial charge < -0.3 is 9.64 Å². The van der Waals surface area contributed by atoms with Gasteiger partial charge in [0.1, 0.15) is 5.75 Å². The van der Waals surface area contributed by atoms with Gasteiger partial charge in [-0.15, -0.1) is 0 Å². The van der Waals surface area contributed by atoms with E-state index in [1.807, 2.05) is 71.8 Å². The van der Waals surface area contributed by atoms with E-state index < -0.39 is 5.92 Å². The van der Waals surface area contributed by atoms with Crippen LogP contribution in [0.2, 0.25) is 0 Å². The van der Waals surface area contributed by atoms with Crippen LogP contribution in [-0.4, -0.2) is 35.2 Å². The standard InChI is InChI=1S/C28H28N2O3/c1-33-27-15-6-5-13-24(27)26(31)19-23(18-21-10-3-2-4-11-21)28(32)30-17-8-7-14-25(30)22-12-9-16-29-20-22/h2-13,15-16,20,23,25H,14,17-19H2,1H3/t23-,25?/m0/s1. The van der Waals surface area contributed by atoms with E-state index in [0.717, 1.165) is 17.5 Å². The second kappa shape index (κ2) is 10.7. The number of ketones is 1. The average molecular weight is 441 g/mol. The van der Waals surface area contributed by atoms with Gasteiger partial charge in [-0.3, -0.25) is 14.6 Å². The van der Waals surface area contributed by atoms with Gasteiger partial charge in [-0.25, -0.2) is 0 Å². The highest BCUT2D eigenvalue weighted by molar-refractivity contribution is 6.01. The fourth-order valence-corrected chi connectivity index (χ4v) is 4.39. The fraction of sp³-hybridized carbons (Fsp3) is 0.250. The Morgan fingerprint density at radius 3 is 2.58 bits per heavy atom. The zero-order chi connectivity index (χ0) is 23.0. The van der Waals surface area contributed by atoms with Crippen molar-refractivity contribution in [3.63, 3.8) is 0 Å². The molecule has 0 saturated carbocycles. The summed E-state index contributed by atoms with van der Waals surface area (Å²) in [5, 5.41) is 0. The molecule has 168 valence electrons. The number of benzene rings is 2. The van der Waals surface area contributed by atoms with Gasteiger partial charge in [0.2, 0.25) is 5.91 Å². The number of carbonyl (C=O) groups is 2. The predicted molar refractivity (Wildman–Crippen MR) is 128 cm³/mol. The summed E-state index contributed by atoms with van der Waals surface area (Å²) in [5.74, 6) is -0.0504. The molecule has 0 spiro atoms. The molecule has 3 aromatic rings. The molecule has 1 aromatic heterocycles. The summed E-state index contributed by atoms with van der Waals surface area (Å²) in [5.41, 5.74) is 2.55. The van der Waals surface area contributed by atoms with Crippen LogP contribution in [0.15, 0.2) is 91.3 Å². The maximum Gasteiger partial charge on any atom is 0.227 e. The van der Waals surface area contributed by atoms with Gasteiger partial charge in [-0.1, -0.05) is 60.7 Å². The molecule has 2 heterocycles. The molecule has 2 atom stereocenters. The number of Topliss-reactive ketones (excluding diaryl/α,β-unsaturated/α-hetero) is 1. The third-order valence-electron chi connectivity index (χ3n) is 6.07. The molecule has 33 heavy (non-hydrogen) atoms. The maximum absolute atomic E-state index is 13.9. The van der Waals surface area contributed by atoms with Crippen molar-refractivity contribution in [3.8, 4) is 5.75 Å². The van der Waals surface area contributed by atoms with E-state index in [1.165, 1.54) is 0 Å². The SMILES string of the molecule is COc1ccccc1C(=O)C[C@H](Cc1ccccc1)C(=O)N1CC=CCC1c1cccnc1. The third-order valence-corrected chi connectivity index (χ3v) is 6.07. The van der Waals surface area contributed by atoms with E-state index in [4.69, 9.17) is 4.74 Å². The molecule has 1 amide bonds. The fourth-order valence-electron chi connectivity index (χ4n) is 4.39. The van der Waals surface area contributed by atoms with Gasteiger partial charge in [-0.05, 0) is 42.2 Å². The van der Waals surface area contributed by atoms with E-state index >= 15 is 0 Å². The number of carbonyl (C=O) groups excluding carboxylic acids is 2. The zero-order valence-corrected chi connectivity index (χ0v) is 18.8. The maximum atomic E-state index is 13.9. The molecule has 2 aromatic carbocycles. The van der Waals surface area contributed by atoms with E-state index in [-0.39, 0.29) is 24.2 Å². The highest BCUT2D eigenvalue weighted by Crippen LogP contribution is 2.31. The van der Waals surface area contributed by atoms with Gasteiger partial charge in [-0.2, -0.15) is 0 Å². The van der Waals surface area contributed by atoms with Gasteiger partial charge in [0.05, 0.1) is 18.7 Å². The molecule has 4 rings (SSSR count). The summed E-state index contributed by atoms with van der Waals surface area (Å²) in [4.78, 5) is 33.3. The highest BCUT2D eigenvalue weighted by atomic mass is 16.5. The van der Waals surface area contributed by atoms with Crippen LogP contribution < -0.4 is 4.74 Å². The van der Waals surface area contributed by atoms with Gasteiger partial charge >= 0.3 is 0 Å². The van der Waals surface area contributed by atoms with Gasteiger partial charge in [0, 0.05) is 31.3 Å². The minimum Gasteiger partial charge on any atom is -0.496 e. The minimum absolute atomic E-state index is 0.0136. The molecule has 0 fully saturated rings. The lowest BCUT2D eigenvalue weighted by atomic mass is 9.89. The van der Waals surface area contributed by atoms with Crippen molar-refractivity contribution in [1.82, 2.24) is 9.88 Å².